The summed E-state index contributed by atoms with van der Waals surface area (Å²) in [5, 5.41) is 9.07. The zero-order chi connectivity index (χ0) is 17.8. The standard InChI is InChI=1S/C19H22N4O2/c1-4-12-25-18-13-17(23(21-18)15-8-6-5-7-9-15)16-10-11-19(24)22(20-16)14(2)3/h5-11,13-14H,4,12H2,1-3H3. The maximum absolute atomic E-state index is 12.0. The van der Waals surface area contributed by atoms with Crippen LogP contribution in [0.4, 0.5) is 0 Å². The van der Waals surface area contributed by atoms with E-state index >= 15 is 0 Å². The number of ether oxygens (including phenoxy) is 1. The van der Waals surface area contributed by atoms with E-state index in [-0.39, 0.29) is 11.6 Å². The molecule has 0 unspecified atom stereocenters. The van der Waals surface area contributed by atoms with Crippen molar-refractivity contribution in [3.05, 3.63) is 58.9 Å². The maximum atomic E-state index is 12.0. The lowest BCUT2D eigenvalue weighted by Gasteiger charge is -2.11. The Balaban J connectivity index is 2.12. The minimum atomic E-state index is -0.119. The zero-order valence-corrected chi connectivity index (χ0v) is 14.7. The second-order valence-electron chi connectivity index (χ2n) is 6.06. The molecule has 0 saturated heterocycles. The second kappa shape index (κ2) is 7.34. The van der Waals surface area contributed by atoms with Crippen LogP contribution < -0.4 is 10.3 Å². The van der Waals surface area contributed by atoms with Crippen molar-refractivity contribution in [2.24, 2.45) is 0 Å². The van der Waals surface area contributed by atoms with Gasteiger partial charge in [-0.3, -0.25) is 4.79 Å². The van der Waals surface area contributed by atoms with Crippen LogP contribution in [0, 0.1) is 0 Å². The third-order valence-electron chi connectivity index (χ3n) is 3.72. The third kappa shape index (κ3) is 3.63. The minimum Gasteiger partial charge on any atom is -0.477 e. The fourth-order valence-electron chi connectivity index (χ4n) is 2.52. The minimum absolute atomic E-state index is 0.0173. The van der Waals surface area contributed by atoms with Crippen molar-refractivity contribution in [2.45, 2.75) is 33.2 Å². The Bertz CT molecular complexity index is 897. The smallest absolute Gasteiger partial charge is 0.267 e. The molecule has 3 aromatic rings. The van der Waals surface area contributed by atoms with E-state index in [9.17, 15) is 4.79 Å². The van der Waals surface area contributed by atoms with E-state index in [0.717, 1.165) is 17.8 Å². The van der Waals surface area contributed by atoms with Gasteiger partial charge in [-0.2, -0.15) is 5.10 Å². The third-order valence-corrected chi connectivity index (χ3v) is 3.72. The van der Waals surface area contributed by atoms with E-state index < -0.39 is 0 Å². The highest BCUT2D eigenvalue weighted by molar-refractivity contribution is 5.59. The molecule has 2 heterocycles. The highest BCUT2D eigenvalue weighted by Crippen LogP contribution is 2.25. The molecule has 2 aromatic heterocycles. The molecule has 0 atom stereocenters. The quantitative estimate of drug-likeness (QED) is 0.690. The van der Waals surface area contributed by atoms with Crippen molar-refractivity contribution < 1.29 is 4.74 Å². The van der Waals surface area contributed by atoms with Crippen molar-refractivity contribution in [3.63, 3.8) is 0 Å². The van der Waals surface area contributed by atoms with Crippen LogP contribution in [0.3, 0.4) is 0 Å². The van der Waals surface area contributed by atoms with Crippen molar-refractivity contribution in [1.82, 2.24) is 19.6 Å². The Morgan fingerprint density at radius 3 is 2.52 bits per heavy atom. The summed E-state index contributed by atoms with van der Waals surface area (Å²) in [6, 6.07) is 14.9. The number of nitrogens with zero attached hydrogens (tertiary/aromatic N) is 4. The monoisotopic (exact) mass is 338 g/mol. The SMILES string of the molecule is CCCOc1cc(-c2ccc(=O)n(C(C)C)n2)n(-c2ccccc2)n1. The van der Waals surface area contributed by atoms with Gasteiger partial charge in [0.1, 0.15) is 5.69 Å². The normalized spacial score (nSPS) is 11.0. The van der Waals surface area contributed by atoms with Gasteiger partial charge in [-0.25, -0.2) is 9.36 Å². The van der Waals surface area contributed by atoms with Gasteiger partial charge in [0.25, 0.3) is 5.56 Å². The second-order valence-corrected chi connectivity index (χ2v) is 6.06. The number of hydrogen-bond acceptors (Lipinski definition) is 4. The first kappa shape index (κ1) is 17.0. The predicted octanol–water partition coefficient (Wildman–Crippen LogP) is 3.47. The topological polar surface area (TPSA) is 61.9 Å². The van der Waals surface area contributed by atoms with Gasteiger partial charge in [0.05, 0.1) is 24.0 Å². The van der Waals surface area contributed by atoms with E-state index in [2.05, 4.69) is 17.1 Å². The van der Waals surface area contributed by atoms with Crippen molar-refractivity contribution >= 4 is 0 Å². The molecule has 6 nitrogen and oxygen atoms in total. The van der Waals surface area contributed by atoms with Gasteiger partial charge in [0.15, 0.2) is 0 Å². The highest BCUT2D eigenvalue weighted by atomic mass is 16.5. The molecule has 0 aliphatic rings. The molecular weight excluding hydrogens is 316 g/mol. The van der Waals surface area contributed by atoms with Gasteiger partial charge in [-0.1, -0.05) is 25.1 Å². The lowest BCUT2D eigenvalue weighted by atomic mass is 10.2. The van der Waals surface area contributed by atoms with E-state index in [1.54, 1.807) is 10.7 Å². The average molecular weight is 338 g/mol. The number of benzene rings is 1. The fraction of sp³-hybridized carbons (Fsp3) is 0.316. The van der Waals surface area contributed by atoms with Crippen LogP contribution in [0.1, 0.15) is 33.2 Å². The first-order valence-corrected chi connectivity index (χ1v) is 8.48. The summed E-state index contributed by atoms with van der Waals surface area (Å²) in [6.07, 6.45) is 0.907. The summed E-state index contributed by atoms with van der Waals surface area (Å²) in [4.78, 5) is 12.0. The van der Waals surface area contributed by atoms with Gasteiger partial charge in [-0.05, 0) is 38.5 Å². The van der Waals surface area contributed by atoms with Crippen LogP contribution in [0.2, 0.25) is 0 Å². The summed E-state index contributed by atoms with van der Waals surface area (Å²) < 4.78 is 8.96. The largest absolute Gasteiger partial charge is 0.477 e. The molecular formula is C19H22N4O2. The number of rotatable bonds is 6. The molecule has 0 bridgehead atoms. The predicted molar refractivity (Wildman–Crippen MR) is 97.2 cm³/mol. The number of aromatic nitrogens is 4. The molecule has 0 aliphatic carbocycles. The lowest BCUT2D eigenvalue weighted by Crippen LogP contribution is -2.24. The molecule has 6 heteroatoms. The molecule has 1 aromatic carbocycles. The van der Waals surface area contributed by atoms with Crippen molar-refractivity contribution in [3.8, 4) is 23.0 Å². The van der Waals surface area contributed by atoms with Crippen molar-refractivity contribution in [2.75, 3.05) is 6.61 Å². The van der Waals surface area contributed by atoms with Gasteiger partial charge in [-0.15, -0.1) is 5.10 Å². The zero-order valence-electron chi connectivity index (χ0n) is 14.7. The average Bonchev–Trinajstić information content (AvgIpc) is 3.05. The summed E-state index contributed by atoms with van der Waals surface area (Å²) >= 11 is 0. The molecule has 0 aliphatic heterocycles. The van der Waals surface area contributed by atoms with Crippen molar-refractivity contribution in [1.29, 1.82) is 0 Å². The Kier molecular flexibility index (Phi) is 4.97. The van der Waals surface area contributed by atoms with Crippen LogP contribution in [0.15, 0.2) is 53.3 Å². The fourth-order valence-corrected chi connectivity index (χ4v) is 2.52. The molecule has 3 rings (SSSR count). The van der Waals surface area contributed by atoms with E-state index in [0.29, 0.717) is 18.2 Å². The highest BCUT2D eigenvalue weighted by Gasteiger charge is 2.15. The van der Waals surface area contributed by atoms with Crippen LogP contribution in [0.25, 0.3) is 17.1 Å². The van der Waals surface area contributed by atoms with Crippen LogP contribution in [-0.2, 0) is 0 Å². The molecule has 25 heavy (non-hydrogen) atoms. The summed E-state index contributed by atoms with van der Waals surface area (Å²) in [6.45, 7) is 6.52. The summed E-state index contributed by atoms with van der Waals surface area (Å²) in [7, 11) is 0. The van der Waals surface area contributed by atoms with Crippen LogP contribution in [-0.4, -0.2) is 26.2 Å². The molecule has 130 valence electrons. The maximum Gasteiger partial charge on any atom is 0.267 e. The van der Waals surface area contributed by atoms with Gasteiger partial charge >= 0.3 is 0 Å². The number of hydrogen-bond donors (Lipinski definition) is 0. The van der Waals surface area contributed by atoms with Gasteiger partial charge in [0.2, 0.25) is 5.88 Å². The first-order chi connectivity index (χ1) is 12.1. The summed E-state index contributed by atoms with van der Waals surface area (Å²) in [5.74, 6) is 0.546. The molecule has 0 N–H and O–H groups in total. The van der Waals surface area contributed by atoms with E-state index in [1.165, 1.54) is 10.7 Å². The Hall–Kier alpha value is -2.89. The van der Waals surface area contributed by atoms with Crippen LogP contribution in [0.5, 0.6) is 5.88 Å². The molecule has 0 amide bonds. The van der Waals surface area contributed by atoms with Crippen LogP contribution >= 0.6 is 0 Å². The Morgan fingerprint density at radius 2 is 1.84 bits per heavy atom. The number of para-hydroxylation sites is 1. The lowest BCUT2D eigenvalue weighted by molar-refractivity contribution is 0.303. The summed E-state index contributed by atoms with van der Waals surface area (Å²) in [5.41, 5.74) is 2.25. The van der Waals surface area contributed by atoms with E-state index in [4.69, 9.17) is 4.74 Å². The molecule has 0 saturated carbocycles. The molecule has 0 fully saturated rings. The molecule has 0 spiro atoms. The van der Waals surface area contributed by atoms with Gasteiger partial charge < -0.3 is 4.74 Å². The Morgan fingerprint density at radius 1 is 1.08 bits per heavy atom. The Labute approximate surface area is 146 Å². The van der Waals surface area contributed by atoms with E-state index in [1.807, 2.05) is 50.2 Å². The van der Waals surface area contributed by atoms with Gasteiger partial charge in [0, 0.05) is 12.1 Å². The molecule has 0 radical (unpaired) electrons. The first-order valence-electron chi connectivity index (χ1n) is 8.48.